The largest absolute Gasteiger partial charge is 0.439 e. The van der Waals surface area contributed by atoms with Crippen LogP contribution in [-0.2, 0) is 10.0 Å². The minimum atomic E-state index is -5.79. The molecule has 0 aliphatic carbocycles. The van der Waals surface area contributed by atoms with Gasteiger partial charge in [0.05, 0.1) is 11.1 Å². The number of alkyl halides is 6. The van der Waals surface area contributed by atoms with E-state index in [9.17, 15) is 34.8 Å². The fourth-order valence-electron chi connectivity index (χ4n) is 2.24. The molecule has 1 N–H and O–H groups in total. The molecule has 0 amide bonds. The summed E-state index contributed by atoms with van der Waals surface area (Å²) < 4.78 is 104. The van der Waals surface area contributed by atoms with Gasteiger partial charge in [0.1, 0.15) is 5.75 Å². The van der Waals surface area contributed by atoms with Crippen molar-refractivity contribution >= 4 is 16.2 Å². The van der Waals surface area contributed by atoms with E-state index in [2.05, 4.69) is 9.84 Å². The molecular weight excluding hydrogens is 438 g/mol. The topological polar surface area (TPSA) is 67.8 Å². The van der Waals surface area contributed by atoms with Gasteiger partial charge in [0.15, 0.2) is 0 Å². The standard InChI is InChI=1S/C18H16F6N2O3S/c1-11-3-4-12(2)15(9-11)30(27,28)26-25-10-13-5-7-14(8-6-13)29-18(23,24)16(19)17(20,21)22/h3-10,16,26H,1-2H3/b25-10-/t16-/m0/s1. The summed E-state index contributed by atoms with van der Waals surface area (Å²) in [6.45, 7) is 3.32. The molecule has 12 heteroatoms. The van der Waals surface area contributed by atoms with E-state index >= 15 is 0 Å². The summed E-state index contributed by atoms with van der Waals surface area (Å²) in [5.74, 6) is -0.722. The van der Waals surface area contributed by atoms with Crippen molar-refractivity contribution in [2.24, 2.45) is 5.10 Å². The van der Waals surface area contributed by atoms with Crippen LogP contribution in [0.4, 0.5) is 26.3 Å². The summed E-state index contributed by atoms with van der Waals surface area (Å²) in [7, 11) is -3.96. The molecule has 30 heavy (non-hydrogen) atoms. The number of hydrogen-bond acceptors (Lipinski definition) is 4. The molecule has 164 valence electrons. The van der Waals surface area contributed by atoms with Gasteiger partial charge in [-0.25, -0.2) is 9.22 Å². The molecule has 0 saturated heterocycles. The van der Waals surface area contributed by atoms with Gasteiger partial charge in [-0.15, -0.1) is 0 Å². The lowest BCUT2D eigenvalue weighted by Gasteiger charge is -2.23. The van der Waals surface area contributed by atoms with Gasteiger partial charge in [-0.1, -0.05) is 12.1 Å². The molecule has 0 radical (unpaired) electrons. The lowest BCUT2D eigenvalue weighted by molar-refractivity contribution is -0.304. The van der Waals surface area contributed by atoms with Crippen molar-refractivity contribution in [1.82, 2.24) is 4.83 Å². The third-order valence-electron chi connectivity index (χ3n) is 3.74. The molecule has 0 saturated carbocycles. The van der Waals surface area contributed by atoms with Crippen molar-refractivity contribution in [1.29, 1.82) is 0 Å². The van der Waals surface area contributed by atoms with Crippen LogP contribution in [0.3, 0.4) is 0 Å². The lowest BCUT2D eigenvalue weighted by Crippen LogP contribution is -2.45. The van der Waals surface area contributed by atoms with Crippen molar-refractivity contribution in [2.75, 3.05) is 0 Å². The maximum Gasteiger partial charge on any atom is 0.439 e. The first-order valence-corrected chi connectivity index (χ1v) is 9.70. The molecule has 0 spiro atoms. The Kier molecular flexibility index (Phi) is 6.70. The predicted molar refractivity (Wildman–Crippen MR) is 96.8 cm³/mol. The van der Waals surface area contributed by atoms with Crippen molar-refractivity contribution in [2.45, 2.75) is 37.2 Å². The van der Waals surface area contributed by atoms with Crippen LogP contribution in [0.2, 0.25) is 0 Å². The van der Waals surface area contributed by atoms with E-state index in [1.165, 1.54) is 6.07 Å². The first kappa shape index (κ1) is 23.5. The Bertz CT molecular complexity index is 1020. The second kappa shape index (κ2) is 8.54. The molecule has 0 heterocycles. The number of halogens is 6. The van der Waals surface area contributed by atoms with Gasteiger partial charge in [0.25, 0.3) is 16.2 Å². The third-order valence-corrected chi connectivity index (χ3v) is 5.10. The Morgan fingerprint density at radius 2 is 1.63 bits per heavy atom. The fourth-order valence-corrected chi connectivity index (χ4v) is 3.36. The molecule has 1 atom stereocenters. The summed E-state index contributed by atoms with van der Waals surface area (Å²) in [6, 6.07) is 8.77. The maximum atomic E-state index is 13.2. The van der Waals surface area contributed by atoms with Crippen molar-refractivity contribution in [3.05, 3.63) is 59.2 Å². The van der Waals surface area contributed by atoms with E-state index in [-0.39, 0.29) is 10.5 Å². The minimum absolute atomic E-state index is 0.0241. The SMILES string of the molecule is Cc1ccc(C)c(S(=O)(=O)N/N=C\c2ccc(OC(F)(F)[C@@H](F)C(F)(F)F)cc2)c1. The van der Waals surface area contributed by atoms with Crippen LogP contribution < -0.4 is 9.57 Å². The summed E-state index contributed by atoms with van der Waals surface area (Å²) in [5, 5.41) is 3.56. The lowest BCUT2D eigenvalue weighted by atomic mass is 10.2. The minimum Gasteiger partial charge on any atom is -0.430 e. The van der Waals surface area contributed by atoms with Crippen LogP contribution in [-0.4, -0.2) is 33.1 Å². The van der Waals surface area contributed by atoms with Crippen LogP contribution >= 0.6 is 0 Å². The molecule has 0 aliphatic heterocycles. The van der Waals surface area contributed by atoms with Crippen molar-refractivity contribution in [3.63, 3.8) is 0 Å². The zero-order valence-corrected chi connectivity index (χ0v) is 16.4. The van der Waals surface area contributed by atoms with Gasteiger partial charge < -0.3 is 4.74 Å². The fraction of sp³-hybridized carbons (Fsp3) is 0.278. The van der Waals surface area contributed by atoms with Crippen LogP contribution in [0.1, 0.15) is 16.7 Å². The number of ether oxygens (including phenoxy) is 1. The molecule has 0 aliphatic rings. The number of nitrogens with one attached hydrogen (secondary N) is 1. The first-order valence-electron chi connectivity index (χ1n) is 8.22. The van der Waals surface area contributed by atoms with Gasteiger partial charge in [0.2, 0.25) is 0 Å². The molecule has 0 aromatic heterocycles. The smallest absolute Gasteiger partial charge is 0.430 e. The summed E-state index contributed by atoms with van der Waals surface area (Å²) in [5.41, 5.74) is 1.43. The highest BCUT2D eigenvalue weighted by molar-refractivity contribution is 7.89. The van der Waals surface area contributed by atoms with Gasteiger partial charge in [-0.3, -0.25) is 0 Å². The monoisotopic (exact) mass is 454 g/mol. The quantitative estimate of drug-likeness (QED) is 0.381. The maximum absolute atomic E-state index is 13.2. The van der Waals surface area contributed by atoms with E-state index in [0.29, 0.717) is 5.56 Å². The highest BCUT2D eigenvalue weighted by atomic mass is 32.2. The van der Waals surface area contributed by atoms with E-state index < -0.39 is 34.2 Å². The summed E-state index contributed by atoms with van der Waals surface area (Å²) >= 11 is 0. The molecule has 5 nitrogen and oxygen atoms in total. The second-order valence-corrected chi connectivity index (χ2v) is 7.89. The van der Waals surface area contributed by atoms with Gasteiger partial charge in [-0.05, 0) is 60.9 Å². The molecule has 2 aromatic carbocycles. The molecule has 0 unspecified atom stereocenters. The first-order chi connectivity index (χ1) is 13.7. The molecule has 2 aromatic rings. The van der Waals surface area contributed by atoms with E-state index in [1.807, 2.05) is 4.83 Å². The number of hydrogen-bond donors (Lipinski definition) is 1. The van der Waals surface area contributed by atoms with Crippen molar-refractivity contribution in [3.8, 4) is 5.75 Å². The number of hydrazone groups is 1. The van der Waals surface area contributed by atoms with Crippen LogP contribution in [0.15, 0.2) is 52.5 Å². The molecule has 0 fully saturated rings. The Balaban J connectivity index is 2.07. The van der Waals surface area contributed by atoms with E-state index in [0.717, 1.165) is 36.0 Å². The molecule has 0 bridgehead atoms. The van der Waals surface area contributed by atoms with E-state index in [1.54, 1.807) is 26.0 Å². The van der Waals surface area contributed by atoms with Crippen LogP contribution in [0.5, 0.6) is 5.75 Å². The average molecular weight is 454 g/mol. The Labute approximate surface area is 168 Å². The van der Waals surface area contributed by atoms with Crippen LogP contribution in [0.25, 0.3) is 0 Å². The van der Waals surface area contributed by atoms with Gasteiger partial charge in [0, 0.05) is 0 Å². The van der Waals surface area contributed by atoms with Crippen LogP contribution in [0, 0.1) is 13.8 Å². The molecule has 2 rings (SSSR count). The zero-order chi connectivity index (χ0) is 22.7. The Hall–Kier alpha value is -2.76. The average Bonchev–Trinajstić information content (AvgIpc) is 2.63. The van der Waals surface area contributed by atoms with Crippen molar-refractivity contribution < 1.29 is 39.5 Å². The van der Waals surface area contributed by atoms with Gasteiger partial charge in [-0.2, -0.15) is 35.5 Å². The van der Waals surface area contributed by atoms with E-state index in [4.69, 9.17) is 0 Å². The summed E-state index contributed by atoms with van der Waals surface area (Å²) in [6.07, 6.45) is -14.4. The molecular formula is C18H16F6N2O3S. The van der Waals surface area contributed by atoms with Gasteiger partial charge >= 0.3 is 12.3 Å². The second-order valence-electron chi connectivity index (χ2n) is 6.26. The highest BCUT2D eigenvalue weighted by Crippen LogP contribution is 2.36. The summed E-state index contributed by atoms with van der Waals surface area (Å²) in [4.78, 5) is 2.02. The number of rotatable bonds is 7. The predicted octanol–water partition coefficient (Wildman–Crippen LogP) is 4.49. The Morgan fingerprint density at radius 3 is 2.20 bits per heavy atom. The third kappa shape index (κ3) is 5.88. The zero-order valence-electron chi connectivity index (χ0n) is 15.5. The highest BCUT2D eigenvalue weighted by Gasteiger charge is 2.59. The number of sulfonamides is 1. The number of aryl methyl sites for hydroxylation is 2. The Morgan fingerprint density at radius 1 is 1.03 bits per heavy atom. The number of nitrogens with zero attached hydrogens (tertiary/aromatic N) is 1. The normalized spacial score (nSPS) is 14.0. The number of benzene rings is 2.